The molecule has 0 unspecified atom stereocenters. The lowest BCUT2D eigenvalue weighted by molar-refractivity contribution is -0.785. The maximum absolute atomic E-state index is 14.6. The minimum Gasteiger partial charge on any atom is -0.334 e. The highest BCUT2D eigenvalue weighted by atomic mass is 16.1. The molecule has 1 amide bonds. The molecule has 0 bridgehead atoms. The highest BCUT2D eigenvalue weighted by Gasteiger charge is 2.49. The van der Waals surface area contributed by atoms with Crippen molar-refractivity contribution in [1.29, 1.82) is 0 Å². The Morgan fingerprint density at radius 2 is 1.02 bits per heavy atom. The molecule has 8 rings (SSSR count). The second-order valence-corrected chi connectivity index (χ2v) is 13.5. The monoisotopic (exact) mass is 701 g/mol. The van der Waals surface area contributed by atoms with Gasteiger partial charge in [-0.05, 0) is 51.6 Å². The van der Waals surface area contributed by atoms with Gasteiger partial charge in [-0.1, -0.05) is 188 Å². The number of nitrogens with zero attached hydrogens (tertiary/aromatic N) is 3. The van der Waals surface area contributed by atoms with Crippen molar-refractivity contribution in [3.63, 3.8) is 0 Å². The molecule has 0 spiro atoms. The van der Waals surface area contributed by atoms with E-state index in [1.54, 1.807) is 0 Å². The van der Waals surface area contributed by atoms with Crippen molar-refractivity contribution in [3.8, 4) is 22.4 Å². The Kier molecular flexibility index (Phi) is 10.0. The second kappa shape index (κ2) is 15.8. The van der Waals surface area contributed by atoms with Crippen molar-refractivity contribution < 1.29 is 9.48 Å². The number of carbonyl (C=O) groups excluding carboxylic acids is 1. The van der Waals surface area contributed by atoms with Crippen molar-refractivity contribution in [1.82, 2.24) is 15.2 Å². The summed E-state index contributed by atoms with van der Waals surface area (Å²) in [5.41, 5.74) is 8.01. The van der Waals surface area contributed by atoms with Gasteiger partial charge >= 0.3 is 0 Å². The number of hydrogen-bond acceptors (Lipinski definition) is 2. The van der Waals surface area contributed by atoms with E-state index in [9.17, 15) is 4.79 Å². The van der Waals surface area contributed by atoms with Gasteiger partial charge in [0, 0.05) is 17.5 Å². The first kappa shape index (κ1) is 34.2. The van der Waals surface area contributed by atoms with Gasteiger partial charge in [-0.25, -0.2) is 0 Å². The Morgan fingerprint density at radius 3 is 1.59 bits per heavy atom. The lowest BCUT2D eigenvalue weighted by Gasteiger charge is -2.40. The van der Waals surface area contributed by atoms with Crippen LogP contribution in [-0.2, 0) is 18.5 Å². The van der Waals surface area contributed by atoms with E-state index in [2.05, 4.69) is 142 Å². The third-order valence-corrected chi connectivity index (χ3v) is 10.1. The van der Waals surface area contributed by atoms with Crippen LogP contribution in [0.5, 0.6) is 0 Å². The molecule has 0 aliphatic heterocycles. The maximum atomic E-state index is 14.6. The summed E-state index contributed by atoms with van der Waals surface area (Å²) in [6.45, 7) is 0.560. The zero-order chi connectivity index (χ0) is 36.6. The molecule has 0 fully saturated rings. The fourth-order valence-electron chi connectivity index (χ4n) is 7.50. The molecule has 5 nitrogen and oxygen atoms in total. The first-order chi connectivity index (χ1) is 26.7. The van der Waals surface area contributed by atoms with Gasteiger partial charge in [0.05, 0.1) is 5.21 Å². The molecule has 0 aliphatic carbocycles. The molecule has 0 saturated carbocycles. The number of benzene rings is 7. The highest BCUT2D eigenvalue weighted by Crippen LogP contribution is 2.40. The van der Waals surface area contributed by atoms with Crippen LogP contribution in [0, 0.1) is 0 Å². The van der Waals surface area contributed by atoms with Crippen LogP contribution in [0.15, 0.2) is 212 Å². The number of nitrogens with one attached hydrogen (secondary N) is 1. The number of aromatic nitrogens is 3. The minimum atomic E-state index is -1.06. The molecule has 7 aromatic carbocycles. The average Bonchev–Trinajstić information content (AvgIpc) is 3.67. The Balaban J connectivity index is 1.40. The summed E-state index contributed by atoms with van der Waals surface area (Å²) in [5.74, 6) is -0.166. The number of carbonyl (C=O) groups is 1. The zero-order valence-corrected chi connectivity index (χ0v) is 29.9. The highest BCUT2D eigenvalue weighted by molar-refractivity contribution is 5.95. The van der Waals surface area contributed by atoms with Crippen molar-refractivity contribution in [3.05, 3.63) is 240 Å². The van der Waals surface area contributed by atoms with Crippen molar-refractivity contribution in [2.24, 2.45) is 0 Å². The molecule has 1 N–H and O–H groups in total. The van der Waals surface area contributed by atoms with E-state index >= 15 is 0 Å². The number of rotatable bonds is 12. The molecular formula is C49H41N4O+. The van der Waals surface area contributed by atoms with Crippen molar-refractivity contribution in [2.45, 2.75) is 24.5 Å². The Labute approximate surface area is 316 Å². The van der Waals surface area contributed by atoms with Crippen LogP contribution in [0.3, 0.4) is 0 Å². The molecule has 0 aliphatic rings. The summed E-state index contributed by atoms with van der Waals surface area (Å²) in [6.07, 6.45) is 2.75. The summed E-state index contributed by atoms with van der Waals surface area (Å²) in [5, 5.41) is 9.14. The number of amides is 1. The van der Waals surface area contributed by atoms with Gasteiger partial charge in [0.15, 0.2) is 17.9 Å². The molecule has 1 aromatic heterocycles. The van der Waals surface area contributed by atoms with E-state index in [-0.39, 0.29) is 5.91 Å². The largest absolute Gasteiger partial charge is 0.334 e. The summed E-state index contributed by atoms with van der Waals surface area (Å²) in [7, 11) is 0. The van der Waals surface area contributed by atoms with E-state index in [1.165, 1.54) is 0 Å². The quantitative estimate of drug-likeness (QED) is 0.129. The van der Waals surface area contributed by atoms with Crippen LogP contribution in [0.4, 0.5) is 0 Å². The van der Waals surface area contributed by atoms with E-state index in [0.717, 1.165) is 44.6 Å². The molecule has 1 atom stereocenters. The third-order valence-electron chi connectivity index (χ3n) is 10.1. The smallest absolute Gasteiger partial charge is 0.252 e. The minimum absolute atomic E-state index is 0.166. The second-order valence-electron chi connectivity index (χ2n) is 13.5. The molecule has 0 saturated heterocycles. The fraction of sp³-hybridized carbons (Fsp3) is 0.0816. The van der Waals surface area contributed by atoms with Crippen LogP contribution < -0.4 is 10.00 Å². The summed E-state index contributed by atoms with van der Waals surface area (Å²) in [6, 6.07) is 69.7. The van der Waals surface area contributed by atoms with Gasteiger partial charge in [-0.3, -0.25) is 4.79 Å². The first-order valence-electron chi connectivity index (χ1n) is 18.4. The summed E-state index contributed by atoms with van der Waals surface area (Å²) < 4.78 is 4.20. The third kappa shape index (κ3) is 7.12. The predicted molar refractivity (Wildman–Crippen MR) is 216 cm³/mol. The molecule has 0 radical (unpaired) electrons. The van der Waals surface area contributed by atoms with Crippen molar-refractivity contribution >= 4 is 5.91 Å². The van der Waals surface area contributed by atoms with E-state index in [1.807, 2.05) is 84.9 Å². The van der Waals surface area contributed by atoms with Gasteiger partial charge in [0.2, 0.25) is 0 Å². The Bertz CT molecular complexity index is 2380. The fourth-order valence-corrected chi connectivity index (χ4v) is 7.50. The first-order valence-corrected chi connectivity index (χ1v) is 18.4. The topological polar surface area (TPSA) is 50.8 Å². The Morgan fingerprint density at radius 1 is 0.556 bits per heavy atom. The van der Waals surface area contributed by atoms with Crippen LogP contribution in [-0.4, -0.2) is 15.8 Å². The molecule has 8 aromatic rings. The van der Waals surface area contributed by atoms with Gasteiger partial charge < -0.3 is 5.32 Å². The van der Waals surface area contributed by atoms with Gasteiger partial charge in [-0.2, -0.15) is 0 Å². The van der Waals surface area contributed by atoms with E-state index < -0.39 is 11.6 Å². The number of hydrogen-bond donors (Lipinski definition) is 1. The summed E-state index contributed by atoms with van der Waals surface area (Å²) >= 11 is 0. The van der Waals surface area contributed by atoms with Crippen LogP contribution in [0.2, 0.25) is 0 Å². The van der Waals surface area contributed by atoms with Crippen LogP contribution in [0.1, 0.15) is 38.7 Å². The lowest BCUT2D eigenvalue weighted by atomic mass is 9.74. The summed E-state index contributed by atoms with van der Waals surface area (Å²) in [4.78, 5) is 14.6. The standard InChI is InChI=1S/C49H40N4O/c54-48(41-27-13-4-14-28-41)50-49(42-29-15-5-16-30-42,43-31-17-6-18-32-43)47(35-38-21-7-1-8-22-38)53-37-46(52(51-53)36-39-23-9-2-10-24-39)45-34-20-19-33-44(45)40-25-11-3-12-26-40/h1-34,37,47H,35-36H2/p+1/t47-/m0/s1. The Hall–Kier alpha value is -6.85. The zero-order valence-electron chi connectivity index (χ0n) is 29.9. The molecule has 262 valence electrons. The molecule has 1 heterocycles. The normalized spacial score (nSPS) is 11.9. The molecule has 54 heavy (non-hydrogen) atoms. The SMILES string of the molecule is O=C(NC(c1ccccc1)(c1ccccc1)[C@H](Cc1ccccc1)[n+]1cc(-c2ccccc2-c2ccccc2)n(Cc2ccccc2)n1)c1ccccc1. The van der Waals surface area contributed by atoms with E-state index in [4.69, 9.17) is 5.21 Å². The lowest BCUT2D eigenvalue weighted by Crippen LogP contribution is -2.62. The van der Waals surface area contributed by atoms with Gasteiger partial charge in [0.1, 0.15) is 12.1 Å². The predicted octanol–water partition coefficient (Wildman–Crippen LogP) is 9.71. The van der Waals surface area contributed by atoms with Gasteiger partial charge in [-0.15, -0.1) is 9.36 Å². The van der Waals surface area contributed by atoms with Crippen LogP contribution >= 0.6 is 0 Å². The van der Waals surface area contributed by atoms with Crippen molar-refractivity contribution in [2.75, 3.05) is 0 Å². The average molecular weight is 702 g/mol. The molecule has 5 heteroatoms. The van der Waals surface area contributed by atoms with Crippen LogP contribution in [0.25, 0.3) is 22.4 Å². The molecular weight excluding hydrogens is 661 g/mol. The van der Waals surface area contributed by atoms with Gasteiger partial charge in [0.25, 0.3) is 5.91 Å². The maximum Gasteiger partial charge on any atom is 0.252 e. The van der Waals surface area contributed by atoms with E-state index in [0.29, 0.717) is 18.5 Å².